The van der Waals surface area contributed by atoms with Crippen LogP contribution in [-0.2, 0) is 19.8 Å². The van der Waals surface area contributed by atoms with E-state index in [1.807, 2.05) is 13.0 Å². The third-order valence-corrected chi connectivity index (χ3v) is 3.57. The molecule has 0 bridgehead atoms. The van der Waals surface area contributed by atoms with Gasteiger partial charge in [0.25, 0.3) is 0 Å². The van der Waals surface area contributed by atoms with E-state index < -0.39 is 11.7 Å². The quantitative estimate of drug-likeness (QED) is 0.943. The van der Waals surface area contributed by atoms with Crippen LogP contribution in [0.2, 0.25) is 0 Å². The Balaban J connectivity index is 2.34. The Kier molecular flexibility index (Phi) is 4.13. The average molecular weight is 308 g/mol. The van der Waals surface area contributed by atoms with Gasteiger partial charge >= 0.3 is 6.18 Å². The monoisotopic (exact) mass is 308 g/mol. The summed E-state index contributed by atoms with van der Waals surface area (Å²) in [5, 5.41) is 15.9. The van der Waals surface area contributed by atoms with Gasteiger partial charge < -0.3 is 5.32 Å². The Bertz CT molecular complexity index is 738. The molecule has 7 heteroatoms. The smallest absolute Gasteiger partial charge is 0.380 e. The SMILES string of the molecule is Cc1nn(C)c(C)c1CNc1cc(C#N)ccc1C(F)(F)F. The highest BCUT2D eigenvalue weighted by Gasteiger charge is 2.33. The molecule has 2 rings (SSSR count). The van der Waals surface area contributed by atoms with Crippen molar-refractivity contribution in [2.45, 2.75) is 26.6 Å². The molecule has 2 aromatic rings. The van der Waals surface area contributed by atoms with E-state index in [9.17, 15) is 13.2 Å². The Hall–Kier alpha value is -2.49. The lowest BCUT2D eigenvalue weighted by Gasteiger charge is -2.15. The number of rotatable bonds is 3. The Morgan fingerprint density at radius 2 is 2.00 bits per heavy atom. The van der Waals surface area contributed by atoms with E-state index in [1.165, 1.54) is 6.07 Å². The van der Waals surface area contributed by atoms with Crippen molar-refractivity contribution < 1.29 is 13.2 Å². The van der Waals surface area contributed by atoms with Crippen LogP contribution in [0.25, 0.3) is 0 Å². The Morgan fingerprint density at radius 1 is 1.32 bits per heavy atom. The molecule has 1 heterocycles. The van der Waals surface area contributed by atoms with E-state index in [1.54, 1.807) is 18.7 Å². The minimum Gasteiger partial charge on any atom is -0.380 e. The van der Waals surface area contributed by atoms with Crippen LogP contribution in [0.5, 0.6) is 0 Å². The number of nitrogens with zero attached hydrogens (tertiary/aromatic N) is 3. The van der Waals surface area contributed by atoms with Crippen molar-refractivity contribution in [1.82, 2.24) is 9.78 Å². The number of nitrogens with one attached hydrogen (secondary N) is 1. The molecule has 0 aliphatic carbocycles. The van der Waals surface area contributed by atoms with E-state index >= 15 is 0 Å². The summed E-state index contributed by atoms with van der Waals surface area (Å²) < 4.78 is 40.8. The number of aromatic nitrogens is 2. The first kappa shape index (κ1) is 15.9. The number of aryl methyl sites for hydroxylation is 2. The van der Waals surface area contributed by atoms with Gasteiger partial charge in [0.15, 0.2) is 0 Å². The Labute approximate surface area is 126 Å². The molecule has 0 atom stereocenters. The summed E-state index contributed by atoms with van der Waals surface area (Å²) in [6, 6.07) is 5.14. The van der Waals surface area contributed by atoms with Gasteiger partial charge in [0.1, 0.15) is 0 Å². The fourth-order valence-corrected chi connectivity index (χ4v) is 2.26. The first-order chi connectivity index (χ1) is 10.2. The predicted molar refractivity (Wildman–Crippen MR) is 76.2 cm³/mol. The second-order valence-corrected chi connectivity index (χ2v) is 5.00. The standard InChI is InChI=1S/C15H15F3N4/c1-9-12(10(2)22(3)21-9)8-20-14-6-11(7-19)4-5-13(14)15(16,17)18/h4-6,20H,8H2,1-3H3. The maximum atomic E-state index is 13.0. The maximum absolute atomic E-state index is 13.0. The van der Waals surface area contributed by atoms with Crippen molar-refractivity contribution in [3.05, 3.63) is 46.3 Å². The largest absolute Gasteiger partial charge is 0.418 e. The van der Waals surface area contributed by atoms with Crippen LogP contribution in [0.1, 0.15) is 28.1 Å². The lowest BCUT2D eigenvalue weighted by Crippen LogP contribution is -2.11. The summed E-state index contributed by atoms with van der Waals surface area (Å²) in [5.74, 6) is 0. The normalized spacial score (nSPS) is 11.3. The minimum absolute atomic E-state index is 0.103. The van der Waals surface area contributed by atoms with Crippen LogP contribution in [0.15, 0.2) is 18.2 Å². The number of nitriles is 1. The molecule has 0 amide bonds. The second-order valence-electron chi connectivity index (χ2n) is 5.00. The molecular weight excluding hydrogens is 293 g/mol. The number of alkyl halides is 3. The van der Waals surface area contributed by atoms with Gasteiger partial charge in [-0.05, 0) is 32.0 Å². The van der Waals surface area contributed by atoms with Gasteiger partial charge in [-0.2, -0.15) is 23.5 Å². The second kappa shape index (κ2) is 5.72. The zero-order valence-corrected chi connectivity index (χ0v) is 12.4. The molecule has 0 aliphatic heterocycles. The molecule has 22 heavy (non-hydrogen) atoms. The van der Waals surface area contributed by atoms with Gasteiger partial charge in [0, 0.05) is 30.5 Å². The molecule has 0 saturated heterocycles. The lowest BCUT2D eigenvalue weighted by atomic mass is 10.1. The molecule has 1 N–H and O–H groups in total. The zero-order chi connectivity index (χ0) is 16.5. The molecular formula is C15H15F3N4. The van der Waals surface area contributed by atoms with E-state index in [0.717, 1.165) is 29.1 Å². The molecule has 1 aromatic carbocycles. The van der Waals surface area contributed by atoms with Crippen LogP contribution in [-0.4, -0.2) is 9.78 Å². The summed E-state index contributed by atoms with van der Waals surface area (Å²) in [5.41, 5.74) is 1.78. The van der Waals surface area contributed by atoms with Crippen LogP contribution in [0.4, 0.5) is 18.9 Å². The van der Waals surface area contributed by atoms with Crippen molar-refractivity contribution in [3.63, 3.8) is 0 Å². The maximum Gasteiger partial charge on any atom is 0.418 e. The van der Waals surface area contributed by atoms with Crippen LogP contribution in [0.3, 0.4) is 0 Å². The van der Waals surface area contributed by atoms with Gasteiger partial charge in [-0.25, -0.2) is 0 Å². The molecule has 0 saturated carbocycles. The zero-order valence-electron chi connectivity index (χ0n) is 12.4. The van der Waals surface area contributed by atoms with E-state index in [0.29, 0.717) is 0 Å². The van der Waals surface area contributed by atoms with Crippen molar-refractivity contribution in [3.8, 4) is 6.07 Å². The summed E-state index contributed by atoms with van der Waals surface area (Å²) in [6.07, 6.45) is -4.48. The van der Waals surface area contributed by atoms with E-state index in [4.69, 9.17) is 5.26 Å². The van der Waals surface area contributed by atoms with Crippen molar-refractivity contribution >= 4 is 5.69 Å². The highest BCUT2D eigenvalue weighted by Crippen LogP contribution is 2.35. The third kappa shape index (κ3) is 3.06. The molecule has 1 aromatic heterocycles. The average Bonchev–Trinajstić information content (AvgIpc) is 2.68. The number of hydrogen-bond acceptors (Lipinski definition) is 3. The van der Waals surface area contributed by atoms with Gasteiger partial charge in [-0.15, -0.1) is 0 Å². The number of halogens is 3. The van der Waals surface area contributed by atoms with E-state index in [2.05, 4.69) is 10.4 Å². The first-order valence-electron chi connectivity index (χ1n) is 6.58. The van der Waals surface area contributed by atoms with E-state index in [-0.39, 0.29) is 17.8 Å². The molecule has 4 nitrogen and oxygen atoms in total. The molecule has 0 spiro atoms. The minimum atomic E-state index is -4.48. The molecule has 0 fully saturated rings. The molecule has 0 aliphatic rings. The lowest BCUT2D eigenvalue weighted by molar-refractivity contribution is -0.137. The van der Waals surface area contributed by atoms with Gasteiger partial charge in [0.2, 0.25) is 0 Å². The molecule has 0 unspecified atom stereocenters. The molecule has 0 radical (unpaired) electrons. The summed E-state index contributed by atoms with van der Waals surface area (Å²) in [7, 11) is 1.78. The van der Waals surface area contributed by atoms with Gasteiger partial charge in [-0.1, -0.05) is 0 Å². The highest BCUT2D eigenvalue weighted by atomic mass is 19.4. The fourth-order valence-electron chi connectivity index (χ4n) is 2.26. The summed E-state index contributed by atoms with van der Waals surface area (Å²) in [6.45, 7) is 3.87. The topological polar surface area (TPSA) is 53.6 Å². The predicted octanol–water partition coefficient (Wildman–Crippen LogP) is 3.54. The van der Waals surface area contributed by atoms with Gasteiger partial charge in [0.05, 0.1) is 22.9 Å². The van der Waals surface area contributed by atoms with Crippen molar-refractivity contribution in [2.75, 3.05) is 5.32 Å². The third-order valence-electron chi connectivity index (χ3n) is 3.57. The van der Waals surface area contributed by atoms with Crippen LogP contribution in [0, 0.1) is 25.2 Å². The van der Waals surface area contributed by atoms with Crippen molar-refractivity contribution in [1.29, 1.82) is 5.26 Å². The van der Waals surface area contributed by atoms with Crippen LogP contribution < -0.4 is 5.32 Å². The number of hydrogen-bond donors (Lipinski definition) is 1. The fraction of sp³-hybridized carbons (Fsp3) is 0.333. The summed E-state index contributed by atoms with van der Waals surface area (Å²) in [4.78, 5) is 0. The highest BCUT2D eigenvalue weighted by molar-refractivity contribution is 5.57. The number of benzene rings is 1. The summed E-state index contributed by atoms with van der Waals surface area (Å²) >= 11 is 0. The van der Waals surface area contributed by atoms with Gasteiger partial charge in [-0.3, -0.25) is 4.68 Å². The van der Waals surface area contributed by atoms with Crippen LogP contribution >= 0.6 is 0 Å². The molecule has 116 valence electrons. The number of anilines is 1. The van der Waals surface area contributed by atoms with Crippen molar-refractivity contribution in [2.24, 2.45) is 7.05 Å². The first-order valence-corrected chi connectivity index (χ1v) is 6.58. The Morgan fingerprint density at radius 3 is 2.50 bits per heavy atom.